The van der Waals surface area contributed by atoms with E-state index in [0.29, 0.717) is 25.7 Å². The van der Waals surface area contributed by atoms with Gasteiger partial charge in [0.2, 0.25) is 0 Å². The summed E-state index contributed by atoms with van der Waals surface area (Å²) in [5, 5.41) is 16.9. The second-order valence-corrected chi connectivity index (χ2v) is 2.90. The number of aliphatic hydroxyl groups excluding tert-OH is 2. The summed E-state index contributed by atoms with van der Waals surface area (Å²) in [6.07, 6.45) is 4.15. The normalized spacial score (nSPS) is 10.2. The maximum Gasteiger partial charge on any atom is 0.132 e. The van der Waals surface area contributed by atoms with E-state index in [1.165, 1.54) is 0 Å². The van der Waals surface area contributed by atoms with Gasteiger partial charge in [-0.2, -0.15) is 0 Å². The molecule has 3 heteroatoms. The monoisotopic (exact) mass is 174 g/mol. The van der Waals surface area contributed by atoms with Crippen LogP contribution >= 0.6 is 0 Å². The molecule has 72 valence electrons. The van der Waals surface area contributed by atoms with Crippen LogP contribution in [0, 0.1) is 0 Å². The first-order chi connectivity index (χ1) is 5.81. The van der Waals surface area contributed by atoms with Crippen LogP contribution in [0.4, 0.5) is 0 Å². The van der Waals surface area contributed by atoms with Crippen molar-refractivity contribution in [2.24, 2.45) is 0 Å². The van der Waals surface area contributed by atoms with Crippen molar-refractivity contribution in [1.82, 2.24) is 0 Å². The van der Waals surface area contributed by atoms with E-state index in [2.05, 4.69) is 0 Å². The summed E-state index contributed by atoms with van der Waals surface area (Å²) in [6, 6.07) is 0. The van der Waals surface area contributed by atoms with Crippen LogP contribution < -0.4 is 0 Å². The molecule has 2 N–H and O–H groups in total. The second-order valence-electron chi connectivity index (χ2n) is 2.90. The van der Waals surface area contributed by atoms with Crippen LogP contribution in [-0.4, -0.2) is 29.2 Å². The molecular weight excluding hydrogens is 156 g/mol. The maximum absolute atomic E-state index is 11.0. The number of rotatable bonds is 8. The molecule has 3 nitrogen and oxygen atoms in total. The third-order valence-electron chi connectivity index (χ3n) is 1.73. The van der Waals surface area contributed by atoms with Gasteiger partial charge < -0.3 is 10.2 Å². The van der Waals surface area contributed by atoms with Gasteiger partial charge in [-0.3, -0.25) is 4.79 Å². The molecule has 0 unspecified atom stereocenters. The summed E-state index contributed by atoms with van der Waals surface area (Å²) in [4.78, 5) is 11.0. The number of Topliss-reactive ketones (excluding diaryl/α,β-unsaturated/α-hetero) is 1. The molecule has 0 atom stereocenters. The van der Waals surface area contributed by atoms with E-state index in [9.17, 15) is 4.79 Å². The van der Waals surface area contributed by atoms with Gasteiger partial charge in [-0.25, -0.2) is 0 Å². The summed E-state index contributed by atoms with van der Waals surface area (Å²) in [6.45, 7) is 0.341. The van der Waals surface area contributed by atoms with Gasteiger partial charge in [-0.15, -0.1) is 0 Å². The molecule has 0 spiro atoms. The highest BCUT2D eigenvalue weighted by atomic mass is 16.3. The Morgan fingerprint density at radius 3 is 1.58 bits per heavy atom. The van der Waals surface area contributed by atoms with Gasteiger partial charge >= 0.3 is 0 Å². The average Bonchev–Trinajstić information content (AvgIpc) is 2.06. The highest BCUT2D eigenvalue weighted by Gasteiger charge is 2.00. The first-order valence-corrected chi connectivity index (χ1v) is 4.54. The third-order valence-corrected chi connectivity index (χ3v) is 1.73. The lowest BCUT2D eigenvalue weighted by molar-refractivity contribution is -0.119. The minimum absolute atomic E-state index is 0.171. The molecule has 0 aromatic rings. The van der Waals surface area contributed by atoms with Crippen LogP contribution in [0.5, 0.6) is 0 Å². The zero-order valence-corrected chi connectivity index (χ0v) is 7.46. The largest absolute Gasteiger partial charge is 0.396 e. The Balaban J connectivity index is 3.10. The van der Waals surface area contributed by atoms with E-state index < -0.39 is 0 Å². The molecule has 0 aliphatic heterocycles. The fourth-order valence-corrected chi connectivity index (χ4v) is 0.993. The molecule has 12 heavy (non-hydrogen) atoms. The van der Waals surface area contributed by atoms with Crippen LogP contribution in [0.3, 0.4) is 0 Å². The fraction of sp³-hybridized carbons (Fsp3) is 0.889. The molecule has 0 heterocycles. The van der Waals surface area contributed by atoms with Crippen molar-refractivity contribution in [2.75, 3.05) is 13.2 Å². The Bertz CT molecular complexity index is 100. The van der Waals surface area contributed by atoms with Crippen molar-refractivity contribution in [3.05, 3.63) is 0 Å². The summed E-state index contributed by atoms with van der Waals surface area (Å²) < 4.78 is 0. The minimum atomic E-state index is 0.171. The maximum atomic E-state index is 11.0. The van der Waals surface area contributed by atoms with Crippen LogP contribution in [0.1, 0.15) is 38.5 Å². The van der Waals surface area contributed by atoms with Crippen LogP contribution in [0.2, 0.25) is 0 Å². The molecule has 0 saturated carbocycles. The third kappa shape index (κ3) is 7.69. The molecular formula is C9H18O3. The number of carbonyl (C=O) groups is 1. The Morgan fingerprint density at radius 1 is 0.833 bits per heavy atom. The SMILES string of the molecule is O=C(CCCCO)CCCCO. The molecule has 0 saturated heterocycles. The highest BCUT2D eigenvalue weighted by Crippen LogP contribution is 2.02. The van der Waals surface area contributed by atoms with Crippen molar-refractivity contribution < 1.29 is 15.0 Å². The lowest BCUT2D eigenvalue weighted by Crippen LogP contribution is -1.99. The lowest BCUT2D eigenvalue weighted by Gasteiger charge is -1.98. The molecule has 0 fully saturated rings. The average molecular weight is 174 g/mol. The molecule has 0 aliphatic carbocycles. The Kier molecular flexibility index (Phi) is 8.39. The predicted octanol–water partition coefficient (Wildman–Crippen LogP) is 0.881. The van der Waals surface area contributed by atoms with Crippen molar-refractivity contribution in [2.45, 2.75) is 38.5 Å². The first-order valence-electron chi connectivity index (χ1n) is 4.54. The second kappa shape index (κ2) is 8.68. The van der Waals surface area contributed by atoms with Gasteiger partial charge in [-0.05, 0) is 25.7 Å². The smallest absolute Gasteiger partial charge is 0.132 e. The number of carbonyl (C=O) groups excluding carboxylic acids is 1. The van der Waals surface area contributed by atoms with E-state index in [-0.39, 0.29) is 19.0 Å². The van der Waals surface area contributed by atoms with E-state index in [4.69, 9.17) is 10.2 Å². The van der Waals surface area contributed by atoms with Gasteiger partial charge in [0, 0.05) is 26.1 Å². The lowest BCUT2D eigenvalue weighted by atomic mass is 10.1. The summed E-state index contributed by atoms with van der Waals surface area (Å²) >= 11 is 0. The van der Waals surface area contributed by atoms with Gasteiger partial charge in [0.25, 0.3) is 0 Å². The molecule has 0 bridgehead atoms. The van der Waals surface area contributed by atoms with E-state index in [0.717, 1.165) is 12.8 Å². The molecule has 0 radical (unpaired) electrons. The van der Waals surface area contributed by atoms with Crippen LogP contribution in [0.15, 0.2) is 0 Å². The Morgan fingerprint density at radius 2 is 1.25 bits per heavy atom. The standard InChI is InChI=1S/C9H18O3/c10-7-3-1-5-9(12)6-2-4-8-11/h10-11H,1-8H2. The summed E-state index contributed by atoms with van der Waals surface area (Å²) in [7, 11) is 0. The van der Waals surface area contributed by atoms with Gasteiger partial charge in [0.1, 0.15) is 5.78 Å². The molecule has 0 aliphatic rings. The number of aliphatic hydroxyl groups is 2. The van der Waals surface area contributed by atoms with Crippen molar-refractivity contribution in [1.29, 1.82) is 0 Å². The number of hydrogen-bond donors (Lipinski definition) is 2. The van der Waals surface area contributed by atoms with Crippen molar-refractivity contribution >= 4 is 5.78 Å². The molecule has 0 aromatic heterocycles. The molecule has 0 rings (SSSR count). The van der Waals surface area contributed by atoms with Crippen LogP contribution in [0.25, 0.3) is 0 Å². The van der Waals surface area contributed by atoms with E-state index in [1.54, 1.807) is 0 Å². The van der Waals surface area contributed by atoms with E-state index >= 15 is 0 Å². The van der Waals surface area contributed by atoms with E-state index in [1.807, 2.05) is 0 Å². The topological polar surface area (TPSA) is 57.5 Å². The molecule has 0 aromatic carbocycles. The van der Waals surface area contributed by atoms with Gasteiger partial charge in [-0.1, -0.05) is 0 Å². The Labute approximate surface area is 73.4 Å². The van der Waals surface area contributed by atoms with Crippen molar-refractivity contribution in [3.63, 3.8) is 0 Å². The minimum Gasteiger partial charge on any atom is -0.396 e. The number of ketones is 1. The number of hydrogen-bond acceptors (Lipinski definition) is 3. The van der Waals surface area contributed by atoms with Crippen molar-refractivity contribution in [3.8, 4) is 0 Å². The quantitative estimate of drug-likeness (QED) is 0.537. The van der Waals surface area contributed by atoms with Gasteiger partial charge in [0.15, 0.2) is 0 Å². The zero-order chi connectivity index (χ0) is 9.23. The first kappa shape index (κ1) is 11.6. The van der Waals surface area contributed by atoms with Crippen LogP contribution in [-0.2, 0) is 4.79 Å². The van der Waals surface area contributed by atoms with Gasteiger partial charge in [0.05, 0.1) is 0 Å². The molecule has 0 amide bonds. The predicted molar refractivity (Wildman–Crippen MR) is 46.9 cm³/mol. The zero-order valence-electron chi connectivity index (χ0n) is 7.46. The number of unbranched alkanes of at least 4 members (excludes halogenated alkanes) is 2. The fourth-order valence-electron chi connectivity index (χ4n) is 0.993. The summed E-state index contributed by atoms with van der Waals surface area (Å²) in [5.74, 6) is 0.247. The summed E-state index contributed by atoms with van der Waals surface area (Å²) in [5.41, 5.74) is 0. The highest BCUT2D eigenvalue weighted by molar-refractivity contribution is 5.78. The Hall–Kier alpha value is -0.410.